The van der Waals surface area contributed by atoms with Gasteiger partial charge in [0.05, 0.1) is 19.8 Å². The van der Waals surface area contributed by atoms with Crippen LogP contribution in [0.1, 0.15) is 24.2 Å². The molecule has 0 aliphatic heterocycles. The number of ether oxygens (including phenoxy) is 1. The average molecular weight is 251 g/mol. The molecule has 0 atom stereocenters. The van der Waals surface area contributed by atoms with Gasteiger partial charge in [-0.05, 0) is 38.1 Å². The molecule has 4 heteroatoms. The predicted octanol–water partition coefficient (Wildman–Crippen LogP) is 1.72. The molecule has 18 heavy (non-hydrogen) atoms. The Bertz CT molecular complexity index is 362. The summed E-state index contributed by atoms with van der Waals surface area (Å²) in [5, 5.41) is 8.62. The Labute approximate surface area is 108 Å². The highest BCUT2D eigenvalue weighted by Crippen LogP contribution is 2.15. The summed E-state index contributed by atoms with van der Waals surface area (Å²) < 4.78 is 5.25. The Morgan fingerprint density at radius 2 is 1.94 bits per heavy atom. The van der Waals surface area contributed by atoms with Gasteiger partial charge in [-0.1, -0.05) is 0 Å². The lowest BCUT2D eigenvalue weighted by molar-refractivity contribution is 0.0967. The lowest BCUT2D eigenvalue weighted by Crippen LogP contribution is -2.27. The van der Waals surface area contributed by atoms with Crippen LogP contribution in [0.4, 0.5) is 5.69 Å². The van der Waals surface area contributed by atoms with E-state index in [1.54, 1.807) is 6.92 Å². The molecule has 1 N–H and O–H groups in total. The van der Waals surface area contributed by atoms with Crippen molar-refractivity contribution < 1.29 is 14.6 Å². The maximum Gasteiger partial charge on any atom is 0.159 e. The number of ketones is 1. The summed E-state index contributed by atoms with van der Waals surface area (Å²) in [7, 11) is 0. The van der Waals surface area contributed by atoms with Gasteiger partial charge in [-0.3, -0.25) is 4.79 Å². The monoisotopic (exact) mass is 251 g/mol. The fourth-order valence-electron chi connectivity index (χ4n) is 1.72. The molecular weight excluding hydrogens is 230 g/mol. The van der Waals surface area contributed by atoms with E-state index >= 15 is 0 Å². The van der Waals surface area contributed by atoms with Gasteiger partial charge in [-0.15, -0.1) is 0 Å². The third-order valence-corrected chi connectivity index (χ3v) is 2.76. The number of nitrogens with zero attached hydrogens (tertiary/aromatic N) is 1. The van der Waals surface area contributed by atoms with E-state index in [-0.39, 0.29) is 12.4 Å². The van der Waals surface area contributed by atoms with Crippen LogP contribution in [0.15, 0.2) is 24.3 Å². The highest BCUT2D eigenvalue weighted by atomic mass is 16.5. The van der Waals surface area contributed by atoms with Crippen LogP contribution in [0.3, 0.4) is 0 Å². The van der Waals surface area contributed by atoms with Crippen molar-refractivity contribution in [2.24, 2.45) is 0 Å². The predicted molar refractivity (Wildman–Crippen MR) is 72.2 cm³/mol. The molecular formula is C14H21NO3. The zero-order valence-electron chi connectivity index (χ0n) is 11.1. The van der Waals surface area contributed by atoms with Gasteiger partial charge in [0.25, 0.3) is 0 Å². The molecule has 0 heterocycles. The second-order valence-corrected chi connectivity index (χ2v) is 4.02. The maximum atomic E-state index is 11.2. The van der Waals surface area contributed by atoms with E-state index in [0.717, 1.165) is 24.3 Å². The van der Waals surface area contributed by atoms with Crippen molar-refractivity contribution in [1.82, 2.24) is 0 Å². The zero-order chi connectivity index (χ0) is 13.4. The first-order valence-electron chi connectivity index (χ1n) is 6.23. The van der Waals surface area contributed by atoms with Gasteiger partial charge in [-0.2, -0.15) is 0 Å². The normalized spacial score (nSPS) is 10.4. The van der Waals surface area contributed by atoms with Gasteiger partial charge in [0, 0.05) is 24.3 Å². The fraction of sp³-hybridized carbons (Fsp3) is 0.500. The largest absolute Gasteiger partial charge is 0.394 e. The van der Waals surface area contributed by atoms with E-state index < -0.39 is 0 Å². The van der Waals surface area contributed by atoms with Gasteiger partial charge in [0.1, 0.15) is 0 Å². The standard InChI is InChI=1S/C14H21NO3/c1-3-15(8-10-18-11-9-16)14-6-4-13(5-7-14)12(2)17/h4-7,16H,3,8-11H2,1-2H3. The Hall–Kier alpha value is -1.39. The van der Waals surface area contributed by atoms with Crippen LogP contribution < -0.4 is 4.90 Å². The molecule has 1 rings (SSSR count). The van der Waals surface area contributed by atoms with Gasteiger partial charge < -0.3 is 14.7 Å². The number of carbonyl (C=O) groups is 1. The SMILES string of the molecule is CCN(CCOCCO)c1ccc(C(C)=O)cc1. The molecule has 0 saturated heterocycles. The Kier molecular flexibility index (Phi) is 6.39. The summed E-state index contributed by atoms with van der Waals surface area (Å²) in [4.78, 5) is 13.4. The first kappa shape index (κ1) is 14.7. The average Bonchev–Trinajstić information content (AvgIpc) is 2.39. The number of rotatable bonds is 8. The summed E-state index contributed by atoms with van der Waals surface area (Å²) in [5.41, 5.74) is 1.81. The Morgan fingerprint density at radius 1 is 1.28 bits per heavy atom. The number of aliphatic hydroxyl groups is 1. The number of hydrogen-bond donors (Lipinski definition) is 1. The van der Waals surface area contributed by atoms with Crippen LogP contribution in [0.2, 0.25) is 0 Å². The minimum atomic E-state index is 0.0550. The van der Waals surface area contributed by atoms with Gasteiger partial charge in [0.2, 0.25) is 0 Å². The van der Waals surface area contributed by atoms with Gasteiger partial charge in [0.15, 0.2) is 5.78 Å². The Morgan fingerprint density at radius 3 is 2.44 bits per heavy atom. The minimum Gasteiger partial charge on any atom is -0.394 e. The molecule has 1 aromatic rings. The fourth-order valence-corrected chi connectivity index (χ4v) is 1.72. The van der Waals surface area contributed by atoms with Crippen molar-refractivity contribution in [2.45, 2.75) is 13.8 Å². The van der Waals surface area contributed by atoms with Crippen molar-refractivity contribution >= 4 is 11.5 Å². The van der Waals surface area contributed by atoms with Crippen LogP contribution in [-0.4, -0.2) is 43.8 Å². The number of likely N-dealkylation sites (N-methyl/N-ethyl adjacent to an activating group) is 1. The van der Waals surface area contributed by atoms with E-state index in [4.69, 9.17) is 9.84 Å². The number of benzene rings is 1. The van der Waals surface area contributed by atoms with Crippen LogP contribution in [0.5, 0.6) is 0 Å². The second kappa shape index (κ2) is 7.84. The molecule has 0 radical (unpaired) electrons. The van der Waals surface area contributed by atoms with Crippen molar-refractivity contribution in [3.63, 3.8) is 0 Å². The summed E-state index contributed by atoms with van der Waals surface area (Å²) in [6.45, 7) is 6.31. The smallest absolute Gasteiger partial charge is 0.159 e. The molecule has 0 aliphatic carbocycles. The summed E-state index contributed by atoms with van der Waals surface area (Å²) in [5.74, 6) is 0.0795. The van der Waals surface area contributed by atoms with Crippen LogP contribution in [0.25, 0.3) is 0 Å². The zero-order valence-corrected chi connectivity index (χ0v) is 11.1. The third-order valence-electron chi connectivity index (χ3n) is 2.76. The molecule has 0 aromatic heterocycles. The van der Waals surface area contributed by atoms with E-state index in [1.165, 1.54) is 0 Å². The molecule has 0 saturated carbocycles. The molecule has 0 aliphatic rings. The summed E-state index contributed by atoms with van der Waals surface area (Å²) in [6.07, 6.45) is 0. The number of aliphatic hydroxyl groups excluding tert-OH is 1. The number of Topliss-reactive ketones (excluding diaryl/α,β-unsaturated/α-hetero) is 1. The number of carbonyl (C=O) groups excluding carboxylic acids is 1. The third kappa shape index (κ3) is 4.47. The van der Waals surface area contributed by atoms with E-state index in [0.29, 0.717) is 13.2 Å². The van der Waals surface area contributed by atoms with Crippen LogP contribution in [-0.2, 0) is 4.74 Å². The molecule has 0 unspecified atom stereocenters. The van der Waals surface area contributed by atoms with Gasteiger partial charge >= 0.3 is 0 Å². The Balaban J connectivity index is 2.56. The maximum absolute atomic E-state index is 11.2. The van der Waals surface area contributed by atoms with Gasteiger partial charge in [-0.25, -0.2) is 0 Å². The van der Waals surface area contributed by atoms with Crippen LogP contribution in [0, 0.1) is 0 Å². The van der Waals surface area contributed by atoms with Crippen molar-refractivity contribution in [2.75, 3.05) is 37.8 Å². The van der Waals surface area contributed by atoms with E-state index in [2.05, 4.69) is 11.8 Å². The lowest BCUT2D eigenvalue weighted by atomic mass is 10.1. The highest BCUT2D eigenvalue weighted by molar-refractivity contribution is 5.94. The molecule has 0 spiro atoms. The molecule has 1 aromatic carbocycles. The molecule has 0 bridgehead atoms. The van der Waals surface area contributed by atoms with E-state index in [9.17, 15) is 4.79 Å². The molecule has 4 nitrogen and oxygen atoms in total. The first-order valence-corrected chi connectivity index (χ1v) is 6.23. The van der Waals surface area contributed by atoms with Crippen molar-refractivity contribution in [3.05, 3.63) is 29.8 Å². The summed E-state index contributed by atoms with van der Waals surface area (Å²) in [6, 6.07) is 7.59. The van der Waals surface area contributed by atoms with Crippen molar-refractivity contribution in [1.29, 1.82) is 0 Å². The quantitative estimate of drug-likeness (QED) is 0.564. The number of hydrogen-bond acceptors (Lipinski definition) is 4. The number of anilines is 1. The van der Waals surface area contributed by atoms with Crippen LogP contribution >= 0.6 is 0 Å². The van der Waals surface area contributed by atoms with E-state index in [1.807, 2.05) is 24.3 Å². The molecule has 100 valence electrons. The second-order valence-electron chi connectivity index (χ2n) is 4.02. The first-order chi connectivity index (χ1) is 8.69. The lowest BCUT2D eigenvalue weighted by Gasteiger charge is -2.23. The van der Waals surface area contributed by atoms with Crippen molar-refractivity contribution in [3.8, 4) is 0 Å². The molecule has 0 fully saturated rings. The molecule has 0 amide bonds. The highest BCUT2D eigenvalue weighted by Gasteiger charge is 2.05. The minimum absolute atomic E-state index is 0.0550. The summed E-state index contributed by atoms with van der Waals surface area (Å²) >= 11 is 0. The topological polar surface area (TPSA) is 49.8 Å².